The number of hydrogen-bond acceptors (Lipinski definition) is 5. The fourth-order valence-corrected chi connectivity index (χ4v) is 2.99. The average molecular weight is 383 g/mol. The van der Waals surface area contributed by atoms with Gasteiger partial charge in [-0.25, -0.2) is 9.78 Å². The lowest BCUT2D eigenvalue weighted by atomic mass is 10.2. The quantitative estimate of drug-likeness (QED) is 0.769. The Morgan fingerprint density at radius 3 is 2.71 bits per heavy atom. The maximum atomic E-state index is 12.2. The molecule has 0 saturated carbocycles. The second-order valence-corrected chi connectivity index (χ2v) is 7.00. The summed E-state index contributed by atoms with van der Waals surface area (Å²) < 4.78 is 5.59. The summed E-state index contributed by atoms with van der Waals surface area (Å²) in [6.45, 7) is 7.23. The molecule has 0 spiro atoms. The molecule has 1 fully saturated rings. The van der Waals surface area contributed by atoms with Gasteiger partial charge in [-0.2, -0.15) is 0 Å². The van der Waals surface area contributed by atoms with E-state index in [4.69, 9.17) is 4.74 Å². The minimum Gasteiger partial charge on any atom is -0.494 e. The van der Waals surface area contributed by atoms with E-state index < -0.39 is 0 Å². The number of piperazine rings is 1. The zero-order chi connectivity index (χ0) is 19.8. The molecule has 2 aromatic rings. The minimum atomic E-state index is -0.254. The van der Waals surface area contributed by atoms with Crippen molar-refractivity contribution in [2.24, 2.45) is 0 Å². The number of urea groups is 1. The first kappa shape index (κ1) is 19.9. The number of ether oxygens (including phenoxy) is 1. The van der Waals surface area contributed by atoms with Gasteiger partial charge in [-0.1, -0.05) is 19.1 Å². The standard InChI is InChI=1S/C21H29N5O2/c1-3-13-28-19-6-4-5-18(14-19)24-21(27)23-16-17-7-8-20(22-15-17)26-11-9-25(2)10-12-26/h4-8,14-15H,3,9-13,16H2,1-2H3,(H2,23,24,27). The minimum absolute atomic E-state index is 0.254. The molecule has 1 aliphatic heterocycles. The molecule has 2 heterocycles. The van der Waals surface area contributed by atoms with Crippen molar-refractivity contribution < 1.29 is 9.53 Å². The molecule has 7 nitrogen and oxygen atoms in total. The van der Waals surface area contributed by atoms with Crippen LogP contribution < -0.4 is 20.3 Å². The average Bonchev–Trinajstić information content (AvgIpc) is 2.72. The number of benzene rings is 1. The number of hydrogen-bond donors (Lipinski definition) is 2. The smallest absolute Gasteiger partial charge is 0.319 e. The molecule has 0 radical (unpaired) electrons. The molecule has 28 heavy (non-hydrogen) atoms. The van der Waals surface area contributed by atoms with Gasteiger partial charge in [0.05, 0.1) is 6.61 Å². The van der Waals surface area contributed by atoms with Crippen molar-refractivity contribution in [2.75, 3.05) is 50.1 Å². The molecule has 7 heteroatoms. The van der Waals surface area contributed by atoms with Crippen LogP contribution in [0, 0.1) is 0 Å². The number of pyridine rings is 1. The lowest BCUT2D eigenvalue weighted by Gasteiger charge is -2.33. The van der Waals surface area contributed by atoms with Gasteiger partial charge in [-0.15, -0.1) is 0 Å². The van der Waals surface area contributed by atoms with Crippen LogP contribution in [0.4, 0.5) is 16.3 Å². The molecule has 0 unspecified atom stereocenters. The second-order valence-electron chi connectivity index (χ2n) is 7.00. The van der Waals surface area contributed by atoms with Crippen molar-refractivity contribution in [1.82, 2.24) is 15.2 Å². The Kier molecular flexibility index (Phi) is 7.08. The number of aromatic nitrogens is 1. The fourth-order valence-electron chi connectivity index (χ4n) is 2.99. The van der Waals surface area contributed by atoms with E-state index in [0.717, 1.165) is 49.7 Å². The SMILES string of the molecule is CCCOc1cccc(NC(=O)NCc2ccc(N3CCN(C)CC3)nc2)c1. The summed E-state index contributed by atoms with van der Waals surface area (Å²) >= 11 is 0. The van der Waals surface area contributed by atoms with Crippen LogP contribution in [0.5, 0.6) is 5.75 Å². The van der Waals surface area contributed by atoms with Gasteiger partial charge in [-0.05, 0) is 37.2 Å². The van der Waals surface area contributed by atoms with Gasteiger partial charge in [0, 0.05) is 50.7 Å². The molecule has 0 bridgehead atoms. The Bertz CT molecular complexity index is 758. The van der Waals surface area contributed by atoms with Crippen LogP contribution in [0.3, 0.4) is 0 Å². The van der Waals surface area contributed by atoms with Crippen LogP contribution in [0.2, 0.25) is 0 Å². The monoisotopic (exact) mass is 383 g/mol. The molecule has 1 aromatic carbocycles. The third-order valence-electron chi connectivity index (χ3n) is 4.65. The van der Waals surface area contributed by atoms with Gasteiger partial charge in [-0.3, -0.25) is 0 Å². The van der Waals surface area contributed by atoms with Crippen molar-refractivity contribution >= 4 is 17.5 Å². The van der Waals surface area contributed by atoms with Crippen molar-refractivity contribution in [3.63, 3.8) is 0 Å². The predicted octanol–water partition coefficient (Wildman–Crippen LogP) is 2.94. The van der Waals surface area contributed by atoms with Crippen molar-refractivity contribution in [1.29, 1.82) is 0 Å². The Morgan fingerprint density at radius 1 is 1.18 bits per heavy atom. The molecule has 0 atom stereocenters. The van der Waals surface area contributed by atoms with Gasteiger partial charge in [0.2, 0.25) is 0 Å². The van der Waals surface area contributed by atoms with Gasteiger partial charge in [0.15, 0.2) is 0 Å². The van der Waals surface area contributed by atoms with Gasteiger partial charge in [0.1, 0.15) is 11.6 Å². The fraction of sp³-hybridized carbons (Fsp3) is 0.429. The molecule has 3 rings (SSSR count). The first-order valence-electron chi connectivity index (χ1n) is 9.80. The topological polar surface area (TPSA) is 69.7 Å². The molecular weight excluding hydrogens is 354 g/mol. The van der Waals surface area contributed by atoms with E-state index in [9.17, 15) is 4.79 Å². The van der Waals surface area contributed by atoms with E-state index in [2.05, 4.69) is 39.4 Å². The first-order valence-corrected chi connectivity index (χ1v) is 9.80. The third kappa shape index (κ3) is 5.85. The number of anilines is 2. The Hall–Kier alpha value is -2.80. The lowest BCUT2D eigenvalue weighted by Crippen LogP contribution is -2.44. The zero-order valence-electron chi connectivity index (χ0n) is 16.6. The molecule has 1 aromatic heterocycles. The summed E-state index contributed by atoms with van der Waals surface area (Å²) in [5.74, 6) is 1.74. The van der Waals surface area contributed by atoms with E-state index in [-0.39, 0.29) is 6.03 Å². The molecular formula is C21H29N5O2. The Morgan fingerprint density at radius 2 is 2.00 bits per heavy atom. The molecule has 1 saturated heterocycles. The van der Waals surface area contributed by atoms with E-state index in [0.29, 0.717) is 18.8 Å². The van der Waals surface area contributed by atoms with Gasteiger partial charge in [0.25, 0.3) is 0 Å². The van der Waals surface area contributed by atoms with Crippen LogP contribution in [0.1, 0.15) is 18.9 Å². The van der Waals surface area contributed by atoms with Crippen LogP contribution in [0.15, 0.2) is 42.6 Å². The van der Waals surface area contributed by atoms with Crippen LogP contribution in [0.25, 0.3) is 0 Å². The normalized spacial score (nSPS) is 14.6. The van der Waals surface area contributed by atoms with E-state index in [1.807, 2.05) is 42.6 Å². The van der Waals surface area contributed by atoms with Crippen molar-refractivity contribution in [3.8, 4) is 5.75 Å². The zero-order valence-corrected chi connectivity index (χ0v) is 16.6. The largest absolute Gasteiger partial charge is 0.494 e. The number of amides is 2. The molecule has 150 valence electrons. The lowest BCUT2D eigenvalue weighted by molar-refractivity contribution is 0.251. The van der Waals surface area contributed by atoms with Crippen LogP contribution in [-0.4, -0.2) is 55.7 Å². The highest BCUT2D eigenvalue weighted by Gasteiger charge is 2.15. The molecule has 1 aliphatic rings. The molecule has 2 N–H and O–H groups in total. The summed E-state index contributed by atoms with van der Waals surface area (Å²) in [4.78, 5) is 21.3. The number of carbonyl (C=O) groups is 1. The number of nitrogens with zero attached hydrogens (tertiary/aromatic N) is 3. The molecule has 0 aliphatic carbocycles. The highest BCUT2D eigenvalue weighted by Crippen LogP contribution is 2.17. The number of nitrogens with one attached hydrogen (secondary N) is 2. The summed E-state index contributed by atoms with van der Waals surface area (Å²) in [6, 6.07) is 11.2. The van der Waals surface area contributed by atoms with Crippen LogP contribution in [-0.2, 0) is 6.54 Å². The van der Waals surface area contributed by atoms with Crippen molar-refractivity contribution in [2.45, 2.75) is 19.9 Å². The van der Waals surface area contributed by atoms with E-state index in [1.165, 1.54) is 0 Å². The first-order chi connectivity index (χ1) is 13.6. The highest BCUT2D eigenvalue weighted by molar-refractivity contribution is 5.89. The summed E-state index contributed by atoms with van der Waals surface area (Å²) in [5, 5.41) is 5.70. The Balaban J connectivity index is 1.46. The number of likely N-dealkylation sites (N-methyl/N-ethyl adjacent to an activating group) is 1. The second kappa shape index (κ2) is 9.94. The summed E-state index contributed by atoms with van der Waals surface area (Å²) in [6.07, 6.45) is 2.77. The summed E-state index contributed by atoms with van der Waals surface area (Å²) in [7, 11) is 2.14. The third-order valence-corrected chi connectivity index (χ3v) is 4.65. The van der Waals surface area contributed by atoms with Crippen molar-refractivity contribution in [3.05, 3.63) is 48.2 Å². The number of carbonyl (C=O) groups excluding carboxylic acids is 1. The number of rotatable bonds is 7. The highest BCUT2D eigenvalue weighted by atomic mass is 16.5. The van der Waals surface area contributed by atoms with Gasteiger partial charge >= 0.3 is 6.03 Å². The van der Waals surface area contributed by atoms with E-state index >= 15 is 0 Å². The predicted molar refractivity (Wildman–Crippen MR) is 112 cm³/mol. The maximum absolute atomic E-state index is 12.2. The van der Waals surface area contributed by atoms with E-state index in [1.54, 1.807) is 0 Å². The van der Waals surface area contributed by atoms with Gasteiger partial charge < -0.3 is 25.2 Å². The summed E-state index contributed by atoms with van der Waals surface area (Å²) in [5.41, 5.74) is 1.67. The maximum Gasteiger partial charge on any atom is 0.319 e. The van der Waals surface area contributed by atoms with Crippen LogP contribution >= 0.6 is 0 Å². The Labute approximate surface area is 166 Å². The molecule has 2 amide bonds.